The average Bonchev–Trinajstić information content (AvgIpc) is 2.71. The van der Waals surface area contributed by atoms with E-state index in [1.807, 2.05) is 0 Å². The molecular formula is C19H20F5O5PS. The molecule has 1 unspecified atom stereocenters. The highest BCUT2D eigenvalue weighted by molar-refractivity contribution is 7.98. The molecule has 31 heavy (non-hydrogen) atoms. The van der Waals surface area contributed by atoms with Gasteiger partial charge in [-0.05, 0) is 12.1 Å². The third-order valence-electron chi connectivity index (χ3n) is 3.61. The Kier molecular flexibility index (Phi) is 8.27. The fraction of sp³-hybridized carbons (Fsp3) is 0.316. The molecule has 0 saturated heterocycles. The van der Waals surface area contributed by atoms with Crippen molar-refractivity contribution >= 4 is 24.2 Å². The first-order valence-corrected chi connectivity index (χ1v) is 11.3. The Morgan fingerprint density at radius 1 is 0.935 bits per heavy atom. The lowest BCUT2D eigenvalue weighted by atomic mass is 9.99. The molecule has 0 bridgehead atoms. The Labute approximate surface area is 179 Å². The SMILES string of the molecule is CC(C)(C)C(O)=[SH]CCOP(=O)(Oc1ccccc1)Oc1c(F)c(F)c(F)c(F)c1F. The molecule has 0 spiro atoms. The van der Waals surface area contributed by atoms with Gasteiger partial charge in [-0.1, -0.05) is 39.0 Å². The zero-order valence-corrected chi connectivity index (χ0v) is 18.5. The van der Waals surface area contributed by atoms with E-state index in [0.717, 1.165) is 0 Å². The summed E-state index contributed by atoms with van der Waals surface area (Å²) in [7, 11) is -4.90. The van der Waals surface area contributed by atoms with E-state index in [9.17, 15) is 31.6 Å². The Balaban J connectivity index is 2.32. The molecule has 0 aliphatic heterocycles. The summed E-state index contributed by atoms with van der Waals surface area (Å²) in [5, 5.41) is 10.0. The molecule has 0 aromatic heterocycles. The fourth-order valence-corrected chi connectivity index (χ4v) is 4.23. The Morgan fingerprint density at radius 2 is 1.45 bits per heavy atom. The van der Waals surface area contributed by atoms with Gasteiger partial charge in [0.2, 0.25) is 34.8 Å². The lowest BCUT2D eigenvalue weighted by Crippen LogP contribution is -2.18. The predicted molar refractivity (Wildman–Crippen MR) is 108 cm³/mol. The number of benzene rings is 2. The van der Waals surface area contributed by atoms with E-state index in [-0.39, 0.29) is 23.2 Å². The summed E-state index contributed by atoms with van der Waals surface area (Å²) in [5.74, 6) is -13.4. The number of para-hydroxylation sites is 1. The highest BCUT2D eigenvalue weighted by Gasteiger charge is 2.37. The summed E-state index contributed by atoms with van der Waals surface area (Å²) in [6.07, 6.45) is 0. The molecule has 0 aliphatic rings. The molecule has 0 amide bonds. The lowest BCUT2D eigenvalue weighted by molar-refractivity contribution is 0.212. The Morgan fingerprint density at radius 3 is 1.97 bits per heavy atom. The van der Waals surface area contributed by atoms with Crippen LogP contribution in [0, 0.1) is 34.5 Å². The van der Waals surface area contributed by atoms with Gasteiger partial charge in [0.25, 0.3) is 0 Å². The second-order valence-electron chi connectivity index (χ2n) is 7.13. The minimum atomic E-state index is -4.90. The van der Waals surface area contributed by atoms with E-state index in [2.05, 4.69) is 4.52 Å². The number of halogens is 5. The fourth-order valence-electron chi connectivity index (χ4n) is 2.00. The van der Waals surface area contributed by atoms with Crippen LogP contribution in [-0.4, -0.2) is 22.5 Å². The summed E-state index contributed by atoms with van der Waals surface area (Å²) < 4.78 is 95.8. The first kappa shape index (κ1) is 25.3. The summed E-state index contributed by atoms with van der Waals surface area (Å²) in [6.45, 7) is 4.88. The Bertz CT molecular complexity index is 982. The van der Waals surface area contributed by atoms with E-state index >= 15 is 0 Å². The van der Waals surface area contributed by atoms with Crippen LogP contribution < -0.4 is 9.05 Å². The maximum Gasteiger partial charge on any atom is 0.587 e. The van der Waals surface area contributed by atoms with Gasteiger partial charge in [0.15, 0.2) is 0 Å². The van der Waals surface area contributed by atoms with Crippen molar-refractivity contribution in [2.75, 3.05) is 12.4 Å². The van der Waals surface area contributed by atoms with Crippen LogP contribution in [0.15, 0.2) is 30.3 Å². The quantitative estimate of drug-likeness (QED) is 0.0890. The lowest BCUT2D eigenvalue weighted by Gasteiger charge is -2.20. The zero-order valence-electron chi connectivity index (χ0n) is 16.7. The summed E-state index contributed by atoms with van der Waals surface area (Å²) >= 11 is 0.407. The number of hydrogen-bond acceptors (Lipinski definition) is 4. The topological polar surface area (TPSA) is 65.0 Å². The average molecular weight is 486 g/mol. The molecule has 0 saturated carbocycles. The van der Waals surface area contributed by atoms with Gasteiger partial charge in [-0.25, -0.2) is 17.7 Å². The van der Waals surface area contributed by atoms with Crippen LogP contribution in [0.5, 0.6) is 11.5 Å². The maximum absolute atomic E-state index is 14.0. The third kappa shape index (κ3) is 6.52. The van der Waals surface area contributed by atoms with Crippen LogP contribution in [0.1, 0.15) is 20.8 Å². The zero-order chi connectivity index (χ0) is 23.4. The number of aliphatic hydroxyl groups is 1. The smallest absolute Gasteiger partial charge is 0.395 e. The maximum atomic E-state index is 14.0. The first-order chi connectivity index (χ1) is 14.4. The van der Waals surface area contributed by atoms with Gasteiger partial charge >= 0.3 is 7.82 Å². The van der Waals surface area contributed by atoms with Gasteiger partial charge in [0, 0.05) is 11.2 Å². The summed E-state index contributed by atoms with van der Waals surface area (Å²) in [5.41, 5.74) is -0.530. The van der Waals surface area contributed by atoms with E-state index in [4.69, 9.17) is 9.05 Å². The van der Waals surface area contributed by atoms with Crippen LogP contribution in [0.2, 0.25) is 0 Å². The van der Waals surface area contributed by atoms with Crippen LogP contribution in [0.4, 0.5) is 22.0 Å². The van der Waals surface area contributed by atoms with Crippen molar-refractivity contribution in [3.8, 4) is 11.5 Å². The number of thiol groups is 1. The third-order valence-corrected chi connectivity index (χ3v) is 6.32. The van der Waals surface area contributed by atoms with Crippen LogP contribution in [-0.2, 0) is 9.09 Å². The van der Waals surface area contributed by atoms with Crippen molar-refractivity contribution in [2.24, 2.45) is 5.41 Å². The molecular weight excluding hydrogens is 466 g/mol. The molecule has 1 N–H and O–H groups in total. The van der Waals surface area contributed by atoms with Crippen LogP contribution in [0.3, 0.4) is 0 Å². The van der Waals surface area contributed by atoms with Crippen molar-refractivity contribution < 1.29 is 45.2 Å². The molecule has 0 aliphatic carbocycles. The number of rotatable bonds is 8. The molecule has 172 valence electrons. The van der Waals surface area contributed by atoms with Gasteiger partial charge in [-0.3, -0.25) is 4.52 Å². The van der Waals surface area contributed by atoms with Crippen molar-refractivity contribution in [1.29, 1.82) is 0 Å². The van der Waals surface area contributed by atoms with Crippen molar-refractivity contribution in [1.82, 2.24) is 0 Å². The summed E-state index contributed by atoms with van der Waals surface area (Å²) in [4.78, 5) is 0. The molecule has 2 aromatic carbocycles. The summed E-state index contributed by atoms with van der Waals surface area (Å²) in [6, 6.07) is 7.18. The molecule has 0 radical (unpaired) electrons. The highest BCUT2D eigenvalue weighted by atomic mass is 32.1. The largest absolute Gasteiger partial charge is 0.587 e. The first-order valence-electron chi connectivity index (χ1n) is 8.80. The van der Waals surface area contributed by atoms with Gasteiger partial charge < -0.3 is 14.2 Å². The second-order valence-corrected chi connectivity index (χ2v) is 9.84. The predicted octanol–water partition coefficient (Wildman–Crippen LogP) is 6.16. The minimum Gasteiger partial charge on any atom is -0.395 e. The standard InChI is InChI=1S/C19H20F5O5PS/c1-19(2,3)18(25)31-10-9-27-30(26,28-11-7-5-4-6-8-11)29-17-15(23)13(21)12(20)14(22)16(17)24/h4-8,25,31H,9-10H2,1-3H3. The molecule has 2 aromatic rings. The number of aliphatic hydroxyl groups excluding tert-OH is 1. The molecule has 1 atom stereocenters. The van der Waals surface area contributed by atoms with Crippen molar-refractivity contribution in [3.63, 3.8) is 0 Å². The second kappa shape index (κ2) is 10.1. The molecule has 0 heterocycles. The van der Waals surface area contributed by atoms with Crippen LogP contribution in [0.25, 0.3) is 0 Å². The van der Waals surface area contributed by atoms with Crippen molar-refractivity contribution in [2.45, 2.75) is 20.8 Å². The number of hydrogen-bond donors (Lipinski definition) is 2. The van der Waals surface area contributed by atoms with Crippen LogP contribution >= 0.6 is 19.2 Å². The van der Waals surface area contributed by atoms with Gasteiger partial charge in [-0.15, -0.1) is 0 Å². The van der Waals surface area contributed by atoms with E-state index in [1.165, 1.54) is 24.3 Å². The molecule has 2 rings (SSSR count). The number of phosphoric acid groups is 1. The molecule has 0 fully saturated rings. The van der Waals surface area contributed by atoms with Crippen molar-refractivity contribution in [3.05, 3.63) is 59.4 Å². The van der Waals surface area contributed by atoms with E-state index in [0.29, 0.717) is 11.4 Å². The van der Waals surface area contributed by atoms with Gasteiger partial charge in [0.1, 0.15) is 5.75 Å². The molecule has 5 nitrogen and oxygen atoms in total. The monoisotopic (exact) mass is 486 g/mol. The normalized spacial score (nSPS) is 14.5. The molecule has 12 heteroatoms. The van der Waals surface area contributed by atoms with E-state index < -0.39 is 48.1 Å². The van der Waals surface area contributed by atoms with Gasteiger partial charge in [0.05, 0.1) is 11.7 Å². The van der Waals surface area contributed by atoms with Gasteiger partial charge in [-0.2, -0.15) is 20.1 Å². The Hall–Kier alpha value is -1.94. The van der Waals surface area contributed by atoms with E-state index in [1.54, 1.807) is 26.8 Å². The minimum absolute atomic E-state index is 0.0751. The number of phosphoric ester groups is 1. The highest BCUT2D eigenvalue weighted by Crippen LogP contribution is 2.51.